The number of aryl methyl sites for hydroxylation is 1. The van der Waals surface area contributed by atoms with Crippen molar-refractivity contribution in [2.24, 2.45) is 11.3 Å². The normalized spacial score (nSPS) is 28.3. The van der Waals surface area contributed by atoms with Crippen molar-refractivity contribution in [3.63, 3.8) is 0 Å². The molecule has 0 spiro atoms. The Bertz CT molecular complexity index is 534. The van der Waals surface area contributed by atoms with Crippen LogP contribution in [0.5, 0.6) is 0 Å². The van der Waals surface area contributed by atoms with Crippen molar-refractivity contribution in [3.05, 3.63) is 29.8 Å². The van der Waals surface area contributed by atoms with E-state index in [9.17, 15) is 4.79 Å². The maximum Gasteiger partial charge on any atom is 0.143 e. The fourth-order valence-corrected chi connectivity index (χ4v) is 4.05. The molecule has 0 saturated heterocycles. The van der Waals surface area contributed by atoms with Gasteiger partial charge in [-0.3, -0.25) is 4.79 Å². The Kier molecular flexibility index (Phi) is 3.81. The van der Waals surface area contributed by atoms with Crippen molar-refractivity contribution in [2.45, 2.75) is 58.9 Å². The van der Waals surface area contributed by atoms with E-state index in [1.54, 1.807) is 0 Å². The van der Waals surface area contributed by atoms with Crippen LogP contribution in [0.25, 0.3) is 0 Å². The molecule has 1 aliphatic carbocycles. The van der Waals surface area contributed by atoms with Crippen molar-refractivity contribution in [3.8, 4) is 0 Å². The number of carbonyl (C=O) groups excluding carboxylic acids is 1. The second-order valence-electron chi connectivity index (χ2n) is 7.51. The summed E-state index contributed by atoms with van der Waals surface area (Å²) in [5.41, 5.74) is 2.67. The zero-order chi connectivity index (χ0) is 15.0. The third kappa shape index (κ3) is 2.73. The van der Waals surface area contributed by atoms with Gasteiger partial charge >= 0.3 is 0 Å². The van der Waals surface area contributed by atoms with E-state index in [1.807, 2.05) is 0 Å². The Balaban J connectivity index is 1.82. The van der Waals surface area contributed by atoms with Crippen molar-refractivity contribution in [1.29, 1.82) is 0 Å². The second-order valence-corrected chi connectivity index (χ2v) is 7.51. The van der Waals surface area contributed by atoms with Gasteiger partial charge in [-0.2, -0.15) is 0 Å². The summed E-state index contributed by atoms with van der Waals surface area (Å²) in [4.78, 5) is 15.2. The van der Waals surface area contributed by atoms with Gasteiger partial charge in [-0.05, 0) is 44.2 Å². The van der Waals surface area contributed by atoms with Crippen LogP contribution in [-0.2, 0) is 11.2 Å². The molecule has 0 amide bonds. The van der Waals surface area contributed by atoms with E-state index >= 15 is 0 Å². The number of fused-ring (bicyclic) bond motifs is 1. The van der Waals surface area contributed by atoms with Crippen molar-refractivity contribution in [1.82, 2.24) is 0 Å². The number of hydrogen-bond acceptors (Lipinski definition) is 2. The number of rotatable bonds is 2. The SMILES string of the molecule is CC1CCc2ccccc2N1CC1CCCC(C)(C)C1=O. The van der Waals surface area contributed by atoms with Crippen molar-refractivity contribution >= 4 is 11.5 Å². The first-order valence-corrected chi connectivity index (χ1v) is 8.38. The highest BCUT2D eigenvalue weighted by atomic mass is 16.1. The van der Waals surface area contributed by atoms with E-state index in [0.717, 1.165) is 25.8 Å². The summed E-state index contributed by atoms with van der Waals surface area (Å²) in [7, 11) is 0. The quantitative estimate of drug-likeness (QED) is 0.810. The first-order chi connectivity index (χ1) is 9.99. The predicted octanol–water partition coefficient (Wildman–Crippen LogP) is 4.22. The lowest BCUT2D eigenvalue weighted by atomic mass is 9.70. The van der Waals surface area contributed by atoms with E-state index in [4.69, 9.17) is 0 Å². The smallest absolute Gasteiger partial charge is 0.143 e. The van der Waals surface area contributed by atoms with Gasteiger partial charge in [-0.15, -0.1) is 0 Å². The van der Waals surface area contributed by atoms with Crippen LogP contribution in [0.15, 0.2) is 24.3 Å². The summed E-state index contributed by atoms with van der Waals surface area (Å²) < 4.78 is 0. The zero-order valence-electron chi connectivity index (χ0n) is 13.6. The molecule has 21 heavy (non-hydrogen) atoms. The number of hydrogen-bond donors (Lipinski definition) is 0. The molecular weight excluding hydrogens is 258 g/mol. The summed E-state index contributed by atoms with van der Waals surface area (Å²) in [5, 5.41) is 0. The second kappa shape index (κ2) is 5.47. The highest BCUT2D eigenvalue weighted by Crippen LogP contribution is 2.38. The summed E-state index contributed by atoms with van der Waals surface area (Å²) in [5.74, 6) is 0.686. The molecule has 2 aliphatic rings. The van der Waals surface area contributed by atoms with Gasteiger partial charge in [-0.1, -0.05) is 38.5 Å². The molecule has 2 unspecified atom stereocenters. The van der Waals surface area contributed by atoms with Gasteiger partial charge in [0, 0.05) is 29.6 Å². The van der Waals surface area contributed by atoms with E-state index in [-0.39, 0.29) is 11.3 Å². The van der Waals surface area contributed by atoms with Crippen LogP contribution < -0.4 is 4.90 Å². The summed E-state index contributed by atoms with van der Waals surface area (Å²) in [6.45, 7) is 7.44. The van der Waals surface area contributed by atoms with Gasteiger partial charge in [-0.25, -0.2) is 0 Å². The first kappa shape index (κ1) is 14.6. The highest BCUT2D eigenvalue weighted by molar-refractivity contribution is 5.87. The molecular formula is C19H27NO. The number of nitrogens with zero attached hydrogens (tertiary/aromatic N) is 1. The lowest BCUT2D eigenvalue weighted by Gasteiger charge is -2.42. The largest absolute Gasteiger partial charge is 0.368 e. The minimum atomic E-state index is -0.124. The lowest BCUT2D eigenvalue weighted by molar-refractivity contribution is -0.133. The lowest BCUT2D eigenvalue weighted by Crippen LogP contribution is -2.46. The Labute approximate surface area is 128 Å². The van der Waals surface area contributed by atoms with Gasteiger partial charge in [0.05, 0.1) is 0 Å². The molecule has 3 rings (SSSR count). The van der Waals surface area contributed by atoms with Gasteiger partial charge in [0.15, 0.2) is 0 Å². The molecule has 1 fully saturated rings. The minimum absolute atomic E-state index is 0.124. The minimum Gasteiger partial charge on any atom is -0.368 e. The number of anilines is 1. The third-order valence-corrected chi connectivity index (χ3v) is 5.47. The number of para-hydroxylation sites is 1. The Hall–Kier alpha value is -1.31. The van der Waals surface area contributed by atoms with Gasteiger partial charge in [0.2, 0.25) is 0 Å². The molecule has 0 bridgehead atoms. The Morgan fingerprint density at radius 1 is 1.24 bits per heavy atom. The van der Waals surface area contributed by atoms with Crippen LogP contribution >= 0.6 is 0 Å². The maximum absolute atomic E-state index is 12.7. The predicted molar refractivity (Wildman–Crippen MR) is 87.7 cm³/mol. The van der Waals surface area contributed by atoms with Crippen LogP contribution in [0.4, 0.5) is 5.69 Å². The van der Waals surface area contributed by atoms with E-state index < -0.39 is 0 Å². The van der Waals surface area contributed by atoms with Crippen molar-refractivity contribution in [2.75, 3.05) is 11.4 Å². The Morgan fingerprint density at radius 3 is 2.81 bits per heavy atom. The molecule has 2 nitrogen and oxygen atoms in total. The summed E-state index contributed by atoms with van der Waals surface area (Å²) in [6, 6.07) is 9.25. The van der Waals surface area contributed by atoms with E-state index in [2.05, 4.69) is 49.9 Å². The van der Waals surface area contributed by atoms with Crippen LogP contribution in [0, 0.1) is 11.3 Å². The molecule has 1 saturated carbocycles. The number of ketones is 1. The molecule has 0 radical (unpaired) electrons. The molecule has 114 valence electrons. The molecule has 1 aliphatic heterocycles. The maximum atomic E-state index is 12.7. The number of carbonyl (C=O) groups is 1. The molecule has 0 N–H and O–H groups in total. The van der Waals surface area contributed by atoms with Gasteiger partial charge < -0.3 is 4.90 Å². The van der Waals surface area contributed by atoms with E-state index in [1.165, 1.54) is 24.1 Å². The standard InChI is InChI=1S/C19H27NO/c1-14-10-11-15-7-4-5-9-17(15)20(14)13-16-8-6-12-19(2,3)18(16)21/h4-5,7,9,14,16H,6,8,10-13H2,1-3H3. The number of benzene rings is 1. The zero-order valence-corrected chi connectivity index (χ0v) is 13.6. The highest BCUT2D eigenvalue weighted by Gasteiger charge is 2.38. The monoisotopic (exact) mass is 285 g/mol. The molecule has 1 aromatic carbocycles. The van der Waals surface area contributed by atoms with Crippen molar-refractivity contribution < 1.29 is 4.79 Å². The fraction of sp³-hybridized carbons (Fsp3) is 0.632. The average molecular weight is 285 g/mol. The number of Topliss-reactive ketones (excluding diaryl/α,β-unsaturated/α-hetero) is 1. The van der Waals surface area contributed by atoms with Crippen LogP contribution in [0.2, 0.25) is 0 Å². The van der Waals surface area contributed by atoms with Gasteiger partial charge in [0.1, 0.15) is 5.78 Å². The Morgan fingerprint density at radius 2 is 2.00 bits per heavy atom. The molecule has 1 heterocycles. The van der Waals surface area contributed by atoms with Gasteiger partial charge in [0.25, 0.3) is 0 Å². The average Bonchev–Trinajstić information content (AvgIpc) is 2.46. The third-order valence-electron chi connectivity index (χ3n) is 5.47. The topological polar surface area (TPSA) is 20.3 Å². The summed E-state index contributed by atoms with van der Waals surface area (Å²) in [6.07, 6.45) is 5.66. The fourth-order valence-electron chi connectivity index (χ4n) is 4.05. The van der Waals surface area contributed by atoms with Crippen LogP contribution in [0.1, 0.15) is 52.0 Å². The summed E-state index contributed by atoms with van der Waals surface area (Å²) >= 11 is 0. The molecule has 2 heteroatoms. The first-order valence-electron chi connectivity index (χ1n) is 8.38. The molecule has 1 aromatic rings. The van der Waals surface area contributed by atoms with E-state index in [0.29, 0.717) is 11.8 Å². The molecule has 2 atom stereocenters. The van der Waals surface area contributed by atoms with Crippen LogP contribution in [-0.4, -0.2) is 18.4 Å². The molecule has 0 aromatic heterocycles. The van der Waals surface area contributed by atoms with Crippen LogP contribution in [0.3, 0.4) is 0 Å².